The third kappa shape index (κ3) is 3.43. The summed E-state index contributed by atoms with van der Waals surface area (Å²) in [7, 11) is 5.15. The quantitative estimate of drug-likeness (QED) is 0.484. The standard InChI is InChI=1S/C10H18N2O3/c1-11(2)8-9(10(13)14-3)12-4-6-15-7-5-12/h8H,4-7H2,1-3H3/b9-8-. The van der Waals surface area contributed by atoms with E-state index in [0.717, 1.165) is 13.1 Å². The zero-order chi connectivity index (χ0) is 11.3. The van der Waals surface area contributed by atoms with Gasteiger partial charge in [0, 0.05) is 33.4 Å². The highest BCUT2D eigenvalue weighted by atomic mass is 16.5. The van der Waals surface area contributed by atoms with Gasteiger partial charge in [0.25, 0.3) is 0 Å². The molecule has 0 N–H and O–H groups in total. The van der Waals surface area contributed by atoms with E-state index in [0.29, 0.717) is 18.9 Å². The van der Waals surface area contributed by atoms with E-state index in [1.165, 1.54) is 7.11 Å². The van der Waals surface area contributed by atoms with Gasteiger partial charge in [-0.15, -0.1) is 0 Å². The Morgan fingerprint density at radius 2 is 2.00 bits per heavy atom. The lowest BCUT2D eigenvalue weighted by molar-refractivity contribution is -0.138. The lowest BCUT2D eigenvalue weighted by atomic mass is 10.3. The summed E-state index contributed by atoms with van der Waals surface area (Å²) < 4.78 is 9.98. The van der Waals surface area contributed by atoms with Crippen LogP contribution in [0.2, 0.25) is 0 Å². The summed E-state index contributed by atoms with van der Waals surface area (Å²) in [6, 6.07) is 0. The van der Waals surface area contributed by atoms with Crippen LogP contribution in [-0.4, -0.2) is 63.3 Å². The molecule has 1 aliphatic heterocycles. The van der Waals surface area contributed by atoms with Crippen molar-refractivity contribution in [1.29, 1.82) is 0 Å². The highest BCUT2D eigenvalue weighted by molar-refractivity contribution is 5.87. The van der Waals surface area contributed by atoms with Crippen LogP contribution in [0.5, 0.6) is 0 Å². The second-order valence-corrected chi connectivity index (χ2v) is 3.57. The molecule has 0 atom stereocenters. The van der Waals surface area contributed by atoms with Crippen molar-refractivity contribution in [1.82, 2.24) is 9.80 Å². The molecule has 1 aliphatic rings. The maximum absolute atomic E-state index is 11.5. The summed E-state index contributed by atoms with van der Waals surface area (Å²) in [5.74, 6) is -0.300. The van der Waals surface area contributed by atoms with Gasteiger partial charge in [0.15, 0.2) is 0 Å². The third-order valence-corrected chi connectivity index (χ3v) is 2.13. The van der Waals surface area contributed by atoms with E-state index in [-0.39, 0.29) is 5.97 Å². The summed E-state index contributed by atoms with van der Waals surface area (Å²) >= 11 is 0. The maximum Gasteiger partial charge on any atom is 0.355 e. The Bertz CT molecular complexity index is 245. The first-order valence-corrected chi connectivity index (χ1v) is 4.94. The Labute approximate surface area is 90.2 Å². The monoisotopic (exact) mass is 214 g/mol. The molecular weight excluding hydrogens is 196 g/mol. The molecule has 0 spiro atoms. The number of rotatable bonds is 3. The van der Waals surface area contributed by atoms with Crippen molar-refractivity contribution in [3.05, 3.63) is 11.9 Å². The van der Waals surface area contributed by atoms with Crippen LogP contribution in [0.15, 0.2) is 11.9 Å². The SMILES string of the molecule is COC(=O)/C(=C/N(C)C)N1CCOCC1. The van der Waals surface area contributed by atoms with Gasteiger partial charge in [-0.3, -0.25) is 0 Å². The van der Waals surface area contributed by atoms with E-state index in [1.807, 2.05) is 23.9 Å². The fourth-order valence-electron chi connectivity index (χ4n) is 1.42. The number of carbonyl (C=O) groups excluding carboxylic acids is 1. The van der Waals surface area contributed by atoms with Crippen LogP contribution in [0.25, 0.3) is 0 Å². The molecular formula is C10H18N2O3. The first kappa shape index (κ1) is 11.8. The van der Waals surface area contributed by atoms with E-state index in [1.54, 1.807) is 6.20 Å². The number of ether oxygens (including phenoxy) is 2. The first-order valence-electron chi connectivity index (χ1n) is 4.94. The van der Waals surface area contributed by atoms with E-state index in [4.69, 9.17) is 9.47 Å². The molecule has 0 amide bonds. The van der Waals surface area contributed by atoms with Crippen LogP contribution in [0.3, 0.4) is 0 Å². The molecule has 5 nitrogen and oxygen atoms in total. The van der Waals surface area contributed by atoms with Crippen LogP contribution in [-0.2, 0) is 14.3 Å². The third-order valence-electron chi connectivity index (χ3n) is 2.13. The second kappa shape index (κ2) is 5.60. The lowest BCUT2D eigenvalue weighted by Crippen LogP contribution is -2.39. The molecule has 0 radical (unpaired) electrons. The van der Waals surface area contributed by atoms with Crippen molar-refractivity contribution in [3.8, 4) is 0 Å². The molecule has 1 rings (SSSR count). The Balaban J connectivity index is 2.74. The number of carbonyl (C=O) groups is 1. The van der Waals surface area contributed by atoms with Crippen molar-refractivity contribution in [2.75, 3.05) is 47.5 Å². The van der Waals surface area contributed by atoms with Gasteiger partial charge in [0.05, 0.1) is 20.3 Å². The average Bonchev–Trinajstić information content (AvgIpc) is 2.26. The fourth-order valence-corrected chi connectivity index (χ4v) is 1.42. The van der Waals surface area contributed by atoms with Crippen molar-refractivity contribution in [3.63, 3.8) is 0 Å². The topological polar surface area (TPSA) is 42.0 Å². The molecule has 0 aromatic heterocycles. The van der Waals surface area contributed by atoms with Gasteiger partial charge >= 0.3 is 5.97 Å². The van der Waals surface area contributed by atoms with E-state index in [9.17, 15) is 4.79 Å². The Kier molecular flexibility index (Phi) is 4.42. The van der Waals surface area contributed by atoms with E-state index >= 15 is 0 Å². The van der Waals surface area contributed by atoms with Gasteiger partial charge in [-0.05, 0) is 0 Å². The molecule has 0 aromatic rings. The summed E-state index contributed by atoms with van der Waals surface area (Å²) in [6.07, 6.45) is 1.77. The minimum Gasteiger partial charge on any atom is -0.464 e. The zero-order valence-electron chi connectivity index (χ0n) is 9.52. The minimum absolute atomic E-state index is 0.300. The van der Waals surface area contributed by atoms with E-state index < -0.39 is 0 Å². The van der Waals surface area contributed by atoms with Crippen molar-refractivity contribution >= 4 is 5.97 Å². The minimum atomic E-state index is -0.300. The number of esters is 1. The van der Waals surface area contributed by atoms with Crippen molar-refractivity contribution in [2.45, 2.75) is 0 Å². The predicted molar refractivity (Wildman–Crippen MR) is 56.2 cm³/mol. The molecule has 86 valence electrons. The molecule has 1 heterocycles. The van der Waals surface area contributed by atoms with Gasteiger partial charge in [-0.2, -0.15) is 0 Å². The Morgan fingerprint density at radius 1 is 1.40 bits per heavy atom. The van der Waals surface area contributed by atoms with Crippen LogP contribution in [0.4, 0.5) is 0 Å². The second-order valence-electron chi connectivity index (χ2n) is 3.57. The highest BCUT2D eigenvalue weighted by Crippen LogP contribution is 2.09. The molecule has 0 unspecified atom stereocenters. The summed E-state index contributed by atoms with van der Waals surface area (Å²) in [5.41, 5.74) is 0.589. The van der Waals surface area contributed by atoms with Crippen molar-refractivity contribution < 1.29 is 14.3 Å². The van der Waals surface area contributed by atoms with Gasteiger partial charge in [-0.25, -0.2) is 4.79 Å². The van der Waals surface area contributed by atoms with Gasteiger partial charge in [0.1, 0.15) is 5.70 Å². The lowest BCUT2D eigenvalue weighted by Gasteiger charge is -2.30. The number of hydrogen-bond donors (Lipinski definition) is 0. The highest BCUT2D eigenvalue weighted by Gasteiger charge is 2.20. The number of methoxy groups -OCH3 is 1. The van der Waals surface area contributed by atoms with Gasteiger partial charge in [0.2, 0.25) is 0 Å². The normalized spacial score (nSPS) is 17.5. The van der Waals surface area contributed by atoms with Crippen LogP contribution < -0.4 is 0 Å². The first-order chi connectivity index (χ1) is 7.15. The predicted octanol–water partition coefficient (Wildman–Crippen LogP) is -0.105. The zero-order valence-corrected chi connectivity index (χ0v) is 9.52. The summed E-state index contributed by atoms with van der Waals surface area (Å²) in [4.78, 5) is 15.4. The molecule has 1 fully saturated rings. The maximum atomic E-state index is 11.5. The number of morpholine rings is 1. The Morgan fingerprint density at radius 3 is 2.47 bits per heavy atom. The van der Waals surface area contributed by atoms with Gasteiger partial charge in [-0.1, -0.05) is 0 Å². The largest absolute Gasteiger partial charge is 0.464 e. The van der Waals surface area contributed by atoms with Crippen LogP contribution in [0, 0.1) is 0 Å². The summed E-state index contributed by atoms with van der Waals surface area (Å²) in [5, 5.41) is 0. The van der Waals surface area contributed by atoms with Gasteiger partial charge < -0.3 is 19.3 Å². The molecule has 0 aliphatic carbocycles. The van der Waals surface area contributed by atoms with E-state index in [2.05, 4.69) is 0 Å². The number of nitrogens with zero attached hydrogens (tertiary/aromatic N) is 2. The fraction of sp³-hybridized carbons (Fsp3) is 0.700. The number of hydrogen-bond acceptors (Lipinski definition) is 5. The molecule has 15 heavy (non-hydrogen) atoms. The van der Waals surface area contributed by atoms with Crippen LogP contribution >= 0.6 is 0 Å². The molecule has 5 heteroatoms. The Hall–Kier alpha value is -1.23. The molecule has 0 aromatic carbocycles. The summed E-state index contributed by atoms with van der Waals surface area (Å²) in [6.45, 7) is 2.77. The molecule has 0 bridgehead atoms. The molecule has 1 saturated heterocycles. The smallest absolute Gasteiger partial charge is 0.355 e. The van der Waals surface area contributed by atoms with Crippen molar-refractivity contribution in [2.24, 2.45) is 0 Å². The average molecular weight is 214 g/mol. The molecule has 0 saturated carbocycles. The van der Waals surface area contributed by atoms with Crippen LogP contribution in [0.1, 0.15) is 0 Å².